The number of rotatable bonds is 7. The first-order valence-corrected chi connectivity index (χ1v) is 13.0. The van der Waals surface area contributed by atoms with Crippen molar-refractivity contribution in [2.24, 2.45) is 0 Å². The second-order valence-electron chi connectivity index (χ2n) is 7.17. The third-order valence-corrected chi connectivity index (χ3v) is 6.70. The molecule has 0 spiro atoms. The fraction of sp³-hybridized carbons (Fsp3) is 0.200. The fourth-order valence-corrected chi connectivity index (χ4v) is 4.18. The average Bonchev–Trinajstić information content (AvgIpc) is 2.72. The van der Waals surface area contributed by atoms with E-state index in [1.165, 1.54) is 31.4 Å². The maximum atomic E-state index is 13.5. The molecule has 2 N–H and O–H groups in total. The summed E-state index contributed by atoms with van der Waals surface area (Å²) >= 11 is -2.69. The minimum Gasteiger partial charge on any atom is -0.768 e. The molecule has 3 aromatic rings. The maximum Gasteiger partial charge on any atom is 0.421 e. The highest BCUT2D eigenvalue weighted by atomic mass is 32.2. The van der Waals surface area contributed by atoms with E-state index in [0.29, 0.717) is 22.9 Å². The van der Waals surface area contributed by atoms with Gasteiger partial charge in [0.05, 0.1) is 18.5 Å². The van der Waals surface area contributed by atoms with Gasteiger partial charge in [0.25, 0.3) is 0 Å². The highest BCUT2D eigenvalue weighted by Crippen LogP contribution is 2.39. The number of alkyl halides is 3. The van der Waals surface area contributed by atoms with E-state index in [-0.39, 0.29) is 16.5 Å². The highest BCUT2D eigenvalue weighted by molar-refractivity contribution is 7.79. The van der Waals surface area contributed by atoms with Crippen LogP contribution in [0.25, 0.3) is 0 Å². The largest absolute Gasteiger partial charge is 0.768 e. The first kappa shape index (κ1) is 24.7. The number of nitrogens with one attached hydrogen (secondary N) is 2. The molecule has 1 unspecified atom stereocenters. The first-order valence-electron chi connectivity index (χ1n) is 9.30. The van der Waals surface area contributed by atoms with Gasteiger partial charge in [0.1, 0.15) is 24.3 Å². The lowest BCUT2D eigenvalue weighted by Crippen LogP contribution is -2.13. The fourth-order valence-electron chi connectivity index (χ4n) is 2.83. The van der Waals surface area contributed by atoms with Gasteiger partial charge in [-0.25, -0.2) is 4.98 Å². The van der Waals surface area contributed by atoms with Gasteiger partial charge in [-0.3, -0.25) is 4.21 Å². The van der Waals surface area contributed by atoms with E-state index in [9.17, 15) is 26.5 Å². The third kappa shape index (κ3) is 5.89. The topological polar surface area (TPSA) is 116 Å². The van der Waals surface area contributed by atoms with Crippen molar-refractivity contribution < 1.29 is 31.2 Å². The number of nitrogens with zero attached hydrogens (tertiary/aromatic N) is 2. The number of para-hydroxylation sites is 1. The Morgan fingerprint density at radius 2 is 1.79 bits per heavy atom. The van der Waals surface area contributed by atoms with Crippen molar-refractivity contribution in [1.29, 1.82) is 0 Å². The first-order chi connectivity index (χ1) is 15.4. The molecule has 1 aromatic heterocycles. The number of benzene rings is 2. The second kappa shape index (κ2) is 9.50. The Hall–Kier alpha value is -2.95. The number of halogens is 3. The van der Waals surface area contributed by atoms with Crippen LogP contribution in [-0.4, -0.2) is 39.2 Å². The van der Waals surface area contributed by atoms with Crippen molar-refractivity contribution >= 4 is 46.7 Å². The number of ether oxygens (including phenoxy) is 1. The van der Waals surface area contributed by atoms with Gasteiger partial charge >= 0.3 is 6.18 Å². The molecule has 176 valence electrons. The molecule has 2 aromatic carbocycles. The Kier molecular flexibility index (Phi) is 7.11. The maximum absolute atomic E-state index is 13.5. The molecular formula is C20H19F3N4O4PS-. The van der Waals surface area contributed by atoms with Crippen LogP contribution in [0.4, 0.5) is 36.3 Å². The molecule has 0 saturated carbocycles. The molecule has 0 amide bonds. The van der Waals surface area contributed by atoms with Crippen LogP contribution in [-0.2, 0) is 21.8 Å². The van der Waals surface area contributed by atoms with Crippen molar-refractivity contribution in [1.82, 2.24) is 9.97 Å². The minimum atomic E-state index is -4.80. The number of aromatic nitrogens is 2. The molecule has 0 fully saturated rings. The summed E-state index contributed by atoms with van der Waals surface area (Å²) in [4.78, 5) is 7.42. The molecule has 1 heterocycles. The van der Waals surface area contributed by atoms with E-state index in [2.05, 4.69) is 20.6 Å². The third-order valence-electron chi connectivity index (χ3n) is 4.47. The molecule has 0 saturated heterocycles. The zero-order valence-corrected chi connectivity index (χ0v) is 19.3. The van der Waals surface area contributed by atoms with E-state index in [0.717, 1.165) is 0 Å². The minimum absolute atomic E-state index is 0.0791. The van der Waals surface area contributed by atoms with Crippen LogP contribution >= 0.6 is 7.14 Å². The normalized spacial score (nSPS) is 12.8. The SMILES string of the molecule is COc1cc(P(C)(C)=O)ccc1Nc1ncc(C(F)(F)F)c(Nc2ccccc2S(=O)[O-])n1. The van der Waals surface area contributed by atoms with Crippen molar-refractivity contribution in [2.75, 3.05) is 31.1 Å². The lowest BCUT2D eigenvalue weighted by atomic mass is 10.2. The van der Waals surface area contributed by atoms with E-state index in [4.69, 9.17) is 4.74 Å². The van der Waals surface area contributed by atoms with Crippen LogP contribution in [0.5, 0.6) is 5.75 Å². The smallest absolute Gasteiger partial charge is 0.421 e. The van der Waals surface area contributed by atoms with Gasteiger partial charge < -0.3 is 24.5 Å². The predicted molar refractivity (Wildman–Crippen MR) is 119 cm³/mol. The molecule has 0 aliphatic carbocycles. The van der Waals surface area contributed by atoms with Gasteiger partial charge in [-0.1, -0.05) is 12.1 Å². The predicted octanol–water partition coefficient (Wildman–Crippen LogP) is 4.48. The Bertz CT molecular complexity index is 1250. The summed E-state index contributed by atoms with van der Waals surface area (Å²) in [5, 5.41) is 5.78. The summed E-state index contributed by atoms with van der Waals surface area (Å²) in [5.74, 6) is -0.546. The van der Waals surface area contributed by atoms with Crippen LogP contribution in [0.2, 0.25) is 0 Å². The number of anilines is 4. The monoisotopic (exact) mass is 499 g/mol. The molecule has 1 atom stereocenters. The van der Waals surface area contributed by atoms with E-state index in [1.807, 2.05) is 0 Å². The Balaban J connectivity index is 2.03. The summed E-state index contributed by atoms with van der Waals surface area (Å²) in [5.41, 5.74) is -0.925. The quantitative estimate of drug-likeness (QED) is 0.361. The van der Waals surface area contributed by atoms with Gasteiger partial charge in [-0.2, -0.15) is 18.2 Å². The van der Waals surface area contributed by atoms with E-state index in [1.54, 1.807) is 31.5 Å². The molecule has 33 heavy (non-hydrogen) atoms. The molecule has 8 nitrogen and oxygen atoms in total. The second-order valence-corrected chi connectivity index (χ2v) is 11.3. The summed E-state index contributed by atoms with van der Waals surface area (Å²) in [6.07, 6.45) is -4.21. The van der Waals surface area contributed by atoms with Crippen molar-refractivity contribution in [3.63, 3.8) is 0 Å². The standard InChI is InChI=1S/C20H20F3N4O4PS/c1-31-16-10-12(32(2,3)28)8-9-14(16)26-19-24-11-13(20(21,22)23)18(27-19)25-15-6-4-5-7-17(15)33(29)30/h4-11H,1-3H3,(H,29,30)(H2,24,25,26,27)/p-1. The molecule has 3 rings (SSSR count). The Morgan fingerprint density at radius 1 is 1.09 bits per heavy atom. The average molecular weight is 499 g/mol. The van der Waals surface area contributed by atoms with Crippen molar-refractivity contribution in [3.8, 4) is 5.75 Å². The van der Waals surface area contributed by atoms with Crippen LogP contribution in [0.1, 0.15) is 5.56 Å². The molecule has 0 aliphatic rings. The Morgan fingerprint density at radius 3 is 2.39 bits per heavy atom. The van der Waals surface area contributed by atoms with Gasteiger partial charge in [-0.05, 0) is 54.7 Å². The van der Waals surface area contributed by atoms with Crippen molar-refractivity contribution in [2.45, 2.75) is 11.1 Å². The van der Waals surface area contributed by atoms with Gasteiger partial charge in [0.15, 0.2) is 0 Å². The number of methoxy groups -OCH3 is 1. The molecular weight excluding hydrogens is 480 g/mol. The Labute approximate surface area is 190 Å². The van der Waals surface area contributed by atoms with E-state index >= 15 is 0 Å². The van der Waals surface area contributed by atoms with E-state index < -0.39 is 35.8 Å². The summed E-state index contributed by atoms with van der Waals surface area (Å²) in [6, 6.07) is 10.2. The number of hydrogen-bond donors (Lipinski definition) is 2. The summed E-state index contributed by atoms with van der Waals surface area (Å²) in [6.45, 7) is 3.19. The van der Waals surface area contributed by atoms with Gasteiger partial charge in [0, 0.05) is 16.4 Å². The lowest BCUT2D eigenvalue weighted by Gasteiger charge is -2.18. The zero-order valence-electron chi connectivity index (χ0n) is 17.6. The lowest BCUT2D eigenvalue weighted by molar-refractivity contribution is -0.137. The highest BCUT2D eigenvalue weighted by Gasteiger charge is 2.35. The molecule has 0 radical (unpaired) electrons. The molecule has 13 heteroatoms. The number of hydrogen-bond acceptors (Lipinski definition) is 8. The van der Waals surface area contributed by atoms with Crippen LogP contribution in [0.3, 0.4) is 0 Å². The summed E-state index contributed by atoms with van der Waals surface area (Å²) < 4.78 is 81.1. The molecule has 0 aliphatic heterocycles. The molecule has 0 bridgehead atoms. The van der Waals surface area contributed by atoms with Gasteiger partial charge in [0.2, 0.25) is 5.95 Å². The van der Waals surface area contributed by atoms with Crippen LogP contribution < -0.4 is 20.7 Å². The van der Waals surface area contributed by atoms with Crippen LogP contribution in [0, 0.1) is 0 Å². The van der Waals surface area contributed by atoms with Crippen LogP contribution in [0.15, 0.2) is 53.6 Å². The van der Waals surface area contributed by atoms with Gasteiger partial charge in [-0.15, -0.1) is 0 Å². The van der Waals surface area contributed by atoms with Crippen molar-refractivity contribution in [3.05, 3.63) is 54.2 Å². The summed E-state index contributed by atoms with van der Waals surface area (Å²) in [7, 11) is -1.18. The zero-order chi connectivity index (χ0) is 24.4.